The molecule has 0 aliphatic carbocycles. The van der Waals surface area contributed by atoms with Gasteiger partial charge < -0.3 is 15.1 Å². The fourth-order valence-electron chi connectivity index (χ4n) is 3.10. The number of rotatable bonds is 4. The average molecular weight is 351 g/mol. The molecule has 0 aromatic heterocycles. The van der Waals surface area contributed by atoms with Crippen LogP contribution in [0.3, 0.4) is 0 Å². The number of benzene rings is 2. The van der Waals surface area contributed by atoms with Crippen LogP contribution in [0, 0.1) is 13.8 Å². The third-order valence-electron chi connectivity index (χ3n) is 4.22. The molecule has 2 aromatic carbocycles. The van der Waals surface area contributed by atoms with Crippen LogP contribution in [0.2, 0.25) is 0 Å². The van der Waals surface area contributed by atoms with Gasteiger partial charge in [-0.1, -0.05) is 24.3 Å². The first kappa shape index (κ1) is 17.7. The normalized spacial score (nSPS) is 14.5. The van der Waals surface area contributed by atoms with Gasteiger partial charge >= 0.3 is 11.8 Å². The number of hydrogen-bond acceptors (Lipinski definition) is 3. The first-order valence-corrected chi connectivity index (χ1v) is 8.48. The topological polar surface area (TPSA) is 69.7 Å². The number of amides is 3. The third kappa shape index (κ3) is 3.91. The second-order valence-corrected chi connectivity index (χ2v) is 6.44. The Kier molecular flexibility index (Phi) is 5.02. The molecule has 3 rings (SSSR count). The van der Waals surface area contributed by atoms with Gasteiger partial charge in [-0.2, -0.15) is 0 Å². The standard InChI is InChI=1S/C20H21N3O3/c1-14-10-15(2)12-16(11-14)21-18(24)13-22-8-9-23(20(26)19(22)25)17-6-4-3-5-7-17/h3-7,10-12H,8-9,13H2,1-2H3,(H,21,24). The molecule has 2 aromatic rings. The van der Waals surface area contributed by atoms with Gasteiger partial charge in [-0.05, 0) is 49.2 Å². The lowest BCUT2D eigenvalue weighted by molar-refractivity contribution is -0.147. The number of nitrogens with one attached hydrogen (secondary N) is 1. The van der Waals surface area contributed by atoms with E-state index in [9.17, 15) is 14.4 Å². The number of anilines is 2. The zero-order chi connectivity index (χ0) is 18.7. The molecule has 6 heteroatoms. The summed E-state index contributed by atoms with van der Waals surface area (Å²) in [6.45, 7) is 4.45. The van der Waals surface area contributed by atoms with Gasteiger partial charge in [-0.15, -0.1) is 0 Å². The Labute approximate surface area is 152 Å². The Bertz CT molecular complexity index is 828. The van der Waals surface area contributed by atoms with Crippen LogP contribution in [-0.4, -0.2) is 42.3 Å². The zero-order valence-electron chi connectivity index (χ0n) is 14.9. The summed E-state index contributed by atoms with van der Waals surface area (Å²) >= 11 is 0. The van der Waals surface area contributed by atoms with Crippen LogP contribution in [0.1, 0.15) is 11.1 Å². The number of carbonyl (C=O) groups excluding carboxylic acids is 3. The van der Waals surface area contributed by atoms with Gasteiger partial charge in [0.1, 0.15) is 6.54 Å². The molecular weight excluding hydrogens is 330 g/mol. The molecule has 0 spiro atoms. The maximum absolute atomic E-state index is 12.4. The largest absolute Gasteiger partial charge is 0.325 e. The van der Waals surface area contributed by atoms with Gasteiger partial charge in [-0.25, -0.2) is 0 Å². The minimum atomic E-state index is -0.657. The molecule has 6 nitrogen and oxygen atoms in total. The smallest absolute Gasteiger partial charge is 0.316 e. The van der Waals surface area contributed by atoms with Crippen molar-refractivity contribution in [2.24, 2.45) is 0 Å². The predicted molar refractivity (Wildman–Crippen MR) is 99.9 cm³/mol. The Morgan fingerprint density at radius 2 is 1.62 bits per heavy atom. The highest BCUT2D eigenvalue weighted by Gasteiger charge is 2.34. The zero-order valence-corrected chi connectivity index (χ0v) is 14.9. The van der Waals surface area contributed by atoms with Crippen LogP contribution in [-0.2, 0) is 14.4 Å². The van der Waals surface area contributed by atoms with Crippen molar-refractivity contribution < 1.29 is 14.4 Å². The molecule has 1 N–H and O–H groups in total. The molecule has 1 fully saturated rings. The fraction of sp³-hybridized carbons (Fsp3) is 0.250. The lowest BCUT2D eigenvalue weighted by Crippen LogP contribution is -2.56. The highest BCUT2D eigenvalue weighted by Crippen LogP contribution is 2.18. The van der Waals surface area contributed by atoms with Crippen LogP contribution < -0.4 is 10.2 Å². The highest BCUT2D eigenvalue weighted by molar-refractivity contribution is 6.41. The van der Waals surface area contributed by atoms with Crippen molar-refractivity contribution >= 4 is 29.1 Å². The Morgan fingerprint density at radius 1 is 0.962 bits per heavy atom. The number of hydrogen-bond donors (Lipinski definition) is 1. The van der Waals surface area contributed by atoms with Gasteiger partial charge in [-0.3, -0.25) is 14.4 Å². The molecule has 134 valence electrons. The molecule has 1 aliphatic rings. The molecule has 0 saturated carbocycles. The fourth-order valence-corrected chi connectivity index (χ4v) is 3.10. The number of piperazine rings is 1. The van der Waals surface area contributed by atoms with E-state index in [-0.39, 0.29) is 12.5 Å². The highest BCUT2D eigenvalue weighted by atomic mass is 16.2. The maximum atomic E-state index is 12.4. The number of aryl methyl sites for hydroxylation is 2. The first-order valence-electron chi connectivity index (χ1n) is 8.48. The van der Waals surface area contributed by atoms with Gasteiger partial charge in [0.25, 0.3) is 0 Å². The second kappa shape index (κ2) is 7.39. The summed E-state index contributed by atoms with van der Waals surface area (Å²) < 4.78 is 0. The number of carbonyl (C=O) groups is 3. The van der Waals surface area contributed by atoms with Crippen LogP contribution >= 0.6 is 0 Å². The number of nitrogens with zero attached hydrogens (tertiary/aromatic N) is 2. The van der Waals surface area contributed by atoms with Crippen molar-refractivity contribution in [2.75, 3.05) is 29.9 Å². The lowest BCUT2D eigenvalue weighted by Gasteiger charge is -2.33. The van der Waals surface area contributed by atoms with Crippen LogP contribution in [0.5, 0.6) is 0 Å². The molecular formula is C20H21N3O3. The quantitative estimate of drug-likeness (QED) is 0.858. The SMILES string of the molecule is Cc1cc(C)cc(NC(=O)CN2CCN(c3ccccc3)C(=O)C2=O)c1. The maximum Gasteiger partial charge on any atom is 0.316 e. The van der Waals surface area contributed by atoms with Crippen molar-refractivity contribution in [3.05, 3.63) is 59.7 Å². The van der Waals surface area contributed by atoms with Crippen LogP contribution in [0.25, 0.3) is 0 Å². The van der Waals surface area contributed by atoms with E-state index >= 15 is 0 Å². The summed E-state index contributed by atoms with van der Waals surface area (Å²) in [5.74, 6) is -1.58. The molecule has 1 heterocycles. The summed E-state index contributed by atoms with van der Waals surface area (Å²) in [6, 6.07) is 14.8. The molecule has 0 atom stereocenters. The van der Waals surface area contributed by atoms with Gasteiger partial charge in [0, 0.05) is 24.5 Å². The summed E-state index contributed by atoms with van der Waals surface area (Å²) in [5.41, 5.74) is 3.46. The molecule has 0 radical (unpaired) electrons. The van der Waals surface area contributed by atoms with E-state index in [0.717, 1.165) is 11.1 Å². The second-order valence-electron chi connectivity index (χ2n) is 6.44. The van der Waals surface area contributed by atoms with Crippen LogP contribution in [0.15, 0.2) is 48.5 Å². The van der Waals surface area contributed by atoms with Crippen molar-refractivity contribution in [1.29, 1.82) is 0 Å². The monoisotopic (exact) mass is 351 g/mol. The lowest BCUT2D eigenvalue weighted by atomic mass is 10.1. The van der Waals surface area contributed by atoms with Crippen molar-refractivity contribution in [3.63, 3.8) is 0 Å². The Hall–Kier alpha value is -3.15. The Morgan fingerprint density at radius 3 is 2.27 bits per heavy atom. The minimum Gasteiger partial charge on any atom is -0.325 e. The molecule has 26 heavy (non-hydrogen) atoms. The summed E-state index contributed by atoms with van der Waals surface area (Å²) in [5, 5.41) is 2.79. The predicted octanol–water partition coefficient (Wildman–Crippen LogP) is 2.12. The van der Waals surface area contributed by atoms with E-state index in [4.69, 9.17) is 0 Å². The summed E-state index contributed by atoms with van der Waals surface area (Å²) in [6.07, 6.45) is 0. The van der Waals surface area contributed by atoms with E-state index < -0.39 is 11.8 Å². The first-order chi connectivity index (χ1) is 12.4. The van der Waals surface area contributed by atoms with Crippen LogP contribution in [0.4, 0.5) is 11.4 Å². The van der Waals surface area contributed by atoms with Crippen molar-refractivity contribution in [2.45, 2.75) is 13.8 Å². The minimum absolute atomic E-state index is 0.139. The Balaban J connectivity index is 1.63. The van der Waals surface area contributed by atoms with E-state index in [1.807, 2.05) is 50.2 Å². The van der Waals surface area contributed by atoms with Crippen molar-refractivity contribution in [1.82, 2.24) is 4.90 Å². The summed E-state index contributed by atoms with van der Waals surface area (Å²) in [4.78, 5) is 39.7. The molecule has 0 bridgehead atoms. The van der Waals surface area contributed by atoms with Gasteiger partial charge in [0.15, 0.2) is 0 Å². The molecule has 3 amide bonds. The average Bonchev–Trinajstić information content (AvgIpc) is 2.59. The van der Waals surface area contributed by atoms with E-state index in [1.54, 1.807) is 12.1 Å². The molecule has 1 saturated heterocycles. The molecule has 1 aliphatic heterocycles. The molecule has 0 unspecified atom stereocenters. The van der Waals surface area contributed by atoms with Gasteiger partial charge in [0.2, 0.25) is 5.91 Å². The number of para-hydroxylation sites is 1. The third-order valence-corrected chi connectivity index (χ3v) is 4.22. The van der Waals surface area contributed by atoms with E-state index in [2.05, 4.69) is 5.32 Å². The van der Waals surface area contributed by atoms with E-state index in [0.29, 0.717) is 24.5 Å². The van der Waals surface area contributed by atoms with Crippen molar-refractivity contribution in [3.8, 4) is 0 Å². The summed E-state index contributed by atoms with van der Waals surface area (Å²) in [7, 11) is 0. The van der Waals surface area contributed by atoms with E-state index in [1.165, 1.54) is 9.80 Å². The van der Waals surface area contributed by atoms with Gasteiger partial charge in [0.05, 0.1) is 0 Å².